The predicted molar refractivity (Wildman–Crippen MR) is 66.7 cm³/mol. The van der Waals surface area contributed by atoms with Gasteiger partial charge in [-0.3, -0.25) is 4.72 Å². The molecule has 0 aliphatic heterocycles. The number of hydrogen-bond acceptors (Lipinski definition) is 4. The standard InChI is InChI=1S/C11H16N2O3S/c1-16-11-6-8-7(3-4-9(8)12)5-10(11)13-17(2,14)15/h5-6,9,13H,3-4,12H2,1-2H3. The first-order valence-corrected chi connectivity index (χ1v) is 7.24. The topological polar surface area (TPSA) is 81.4 Å². The van der Waals surface area contributed by atoms with Crippen molar-refractivity contribution in [2.75, 3.05) is 18.1 Å². The van der Waals surface area contributed by atoms with Crippen molar-refractivity contribution in [1.29, 1.82) is 0 Å². The molecule has 1 aliphatic rings. The van der Waals surface area contributed by atoms with E-state index in [0.29, 0.717) is 11.4 Å². The molecule has 0 fully saturated rings. The van der Waals surface area contributed by atoms with Crippen molar-refractivity contribution in [3.05, 3.63) is 23.3 Å². The smallest absolute Gasteiger partial charge is 0.229 e. The Morgan fingerprint density at radius 3 is 2.76 bits per heavy atom. The second-order valence-corrected chi connectivity index (χ2v) is 6.02. The lowest BCUT2D eigenvalue weighted by Gasteiger charge is -2.13. The molecule has 0 radical (unpaired) electrons. The highest BCUT2D eigenvalue weighted by Crippen LogP contribution is 2.37. The van der Waals surface area contributed by atoms with Crippen molar-refractivity contribution in [3.8, 4) is 5.75 Å². The molecule has 5 nitrogen and oxygen atoms in total. The van der Waals surface area contributed by atoms with E-state index in [-0.39, 0.29) is 6.04 Å². The van der Waals surface area contributed by atoms with Crippen LogP contribution in [0.3, 0.4) is 0 Å². The Bertz CT molecular complexity index is 540. The molecule has 1 atom stereocenters. The van der Waals surface area contributed by atoms with Crippen LogP contribution in [0.4, 0.5) is 5.69 Å². The normalized spacial score (nSPS) is 18.9. The number of methoxy groups -OCH3 is 1. The van der Waals surface area contributed by atoms with Gasteiger partial charge in [-0.1, -0.05) is 0 Å². The molecule has 6 heteroatoms. The number of hydrogen-bond donors (Lipinski definition) is 2. The average Bonchev–Trinajstić information content (AvgIpc) is 2.56. The molecule has 17 heavy (non-hydrogen) atoms. The fourth-order valence-corrected chi connectivity index (χ4v) is 2.68. The fraction of sp³-hybridized carbons (Fsp3) is 0.455. The van der Waals surface area contributed by atoms with Crippen LogP contribution in [0.15, 0.2) is 12.1 Å². The number of sulfonamides is 1. The Morgan fingerprint density at radius 1 is 1.47 bits per heavy atom. The van der Waals surface area contributed by atoms with Gasteiger partial charge in [0.1, 0.15) is 5.75 Å². The number of rotatable bonds is 3. The highest BCUT2D eigenvalue weighted by atomic mass is 32.2. The van der Waals surface area contributed by atoms with E-state index >= 15 is 0 Å². The summed E-state index contributed by atoms with van der Waals surface area (Å²) in [6, 6.07) is 3.65. The van der Waals surface area contributed by atoms with Crippen LogP contribution in [0.25, 0.3) is 0 Å². The van der Waals surface area contributed by atoms with Gasteiger partial charge in [-0.25, -0.2) is 8.42 Å². The molecule has 0 aromatic heterocycles. The summed E-state index contributed by atoms with van der Waals surface area (Å²) in [5, 5.41) is 0. The molecule has 0 heterocycles. The van der Waals surface area contributed by atoms with Gasteiger partial charge in [-0.2, -0.15) is 0 Å². The summed E-state index contributed by atoms with van der Waals surface area (Å²) >= 11 is 0. The maximum atomic E-state index is 11.2. The molecule has 0 saturated carbocycles. The van der Waals surface area contributed by atoms with Gasteiger partial charge >= 0.3 is 0 Å². The van der Waals surface area contributed by atoms with Crippen molar-refractivity contribution >= 4 is 15.7 Å². The monoisotopic (exact) mass is 256 g/mol. The van der Waals surface area contributed by atoms with Gasteiger partial charge in [0.2, 0.25) is 10.0 Å². The molecule has 1 unspecified atom stereocenters. The zero-order valence-corrected chi connectivity index (χ0v) is 10.7. The third-order valence-electron chi connectivity index (χ3n) is 2.88. The van der Waals surface area contributed by atoms with Crippen molar-refractivity contribution in [2.45, 2.75) is 18.9 Å². The highest BCUT2D eigenvalue weighted by molar-refractivity contribution is 7.92. The lowest BCUT2D eigenvalue weighted by Crippen LogP contribution is -2.11. The number of aryl methyl sites for hydroxylation is 1. The van der Waals surface area contributed by atoms with Crippen LogP contribution in [0.1, 0.15) is 23.6 Å². The lowest BCUT2D eigenvalue weighted by molar-refractivity contribution is 0.416. The first kappa shape index (κ1) is 12.2. The van der Waals surface area contributed by atoms with E-state index in [9.17, 15) is 8.42 Å². The zero-order chi connectivity index (χ0) is 12.6. The quantitative estimate of drug-likeness (QED) is 0.845. The number of nitrogens with one attached hydrogen (secondary N) is 1. The number of fused-ring (bicyclic) bond motifs is 1. The number of ether oxygens (including phenoxy) is 1. The minimum absolute atomic E-state index is 0.0196. The Balaban J connectivity index is 2.46. The minimum atomic E-state index is -3.30. The molecule has 1 aromatic rings. The molecule has 2 rings (SSSR count). The van der Waals surface area contributed by atoms with Crippen molar-refractivity contribution in [1.82, 2.24) is 0 Å². The van der Waals surface area contributed by atoms with Gasteiger partial charge in [0.05, 0.1) is 19.1 Å². The Morgan fingerprint density at radius 2 is 2.18 bits per heavy atom. The molecule has 1 aromatic carbocycles. The van der Waals surface area contributed by atoms with Crippen LogP contribution < -0.4 is 15.2 Å². The molecule has 94 valence electrons. The van der Waals surface area contributed by atoms with Crippen molar-refractivity contribution in [3.63, 3.8) is 0 Å². The SMILES string of the molecule is COc1cc2c(cc1NS(C)(=O)=O)CCC2N. The minimum Gasteiger partial charge on any atom is -0.495 e. The predicted octanol–water partition coefficient (Wildman–Crippen LogP) is 1.01. The molecule has 1 aliphatic carbocycles. The van der Waals surface area contributed by atoms with Crippen molar-refractivity contribution in [2.24, 2.45) is 5.73 Å². The van der Waals surface area contributed by atoms with Crippen LogP contribution in [-0.4, -0.2) is 21.8 Å². The maximum absolute atomic E-state index is 11.2. The average molecular weight is 256 g/mol. The van der Waals surface area contributed by atoms with Gasteiger partial charge in [-0.15, -0.1) is 0 Å². The lowest BCUT2D eigenvalue weighted by atomic mass is 10.1. The summed E-state index contributed by atoms with van der Waals surface area (Å²) in [7, 11) is -1.79. The van der Waals surface area contributed by atoms with Crippen LogP contribution in [-0.2, 0) is 16.4 Å². The van der Waals surface area contributed by atoms with Gasteiger partial charge in [0, 0.05) is 6.04 Å². The van der Waals surface area contributed by atoms with Gasteiger partial charge in [0.15, 0.2) is 0 Å². The Labute approximate surface area is 101 Å². The fourth-order valence-electron chi connectivity index (χ4n) is 2.12. The Kier molecular flexibility index (Phi) is 3.01. The maximum Gasteiger partial charge on any atom is 0.229 e. The van der Waals surface area contributed by atoms with Gasteiger partial charge in [0.25, 0.3) is 0 Å². The number of nitrogens with two attached hydrogens (primary N) is 1. The van der Waals surface area contributed by atoms with E-state index in [4.69, 9.17) is 10.5 Å². The summed E-state index contributed by atoms with van der Waals surface area (Å²) < 4.78 is 30.1. The molecular weight excluding hydrogens is 240 g/mol. The van der Waals surface area contributed by atoms with Crippen LogP contribution in [0.2, 0.25) is 0 Å². The zero-order valence-electron chi connectivity index (χ0n) is 9.86. The summed E-state index contributed by atoms with van der Waals surface area (Å²) in [5.74, 6) is 0.506. The van der Waals surface area contributed by atoms with Gasteiger partial charge in [-0.05, 0) is 36.1 Å². The Hall–Kier alpha value is -1.27. The third kappa shape index (κ3) is 2.53. The van der Waals surface area contributed by atoms with E-state index in [2.05, 4.69) is 4.72 Å². The first-order valence-electron chi connectivity index (χ1n) is 5.35. The molecule has 3 N–H and O–H groups in total. The largest absolute Gasteiger partial charge is 0.495 e. The van der Waals surface area contributed by atoms with Crippen LogP contribution >= 0.6 is 0 Å². The molecule has 0 spiro atoms. The third-order valence-corrected chi connectivity index (χ3v) is 3.47. The van der Waals surface area contributed by atoms with Crippen LogP contribution in [0.5, 0.6) is 5.75 Å². The molecule has 0 amide bonds. The number of anilines is 1. The molecular formula is C11H16N2O3S. The van der Waals surface area contributed by atoms with Crippen molar-refractivity contribution < 1.29 is 13.2 Å². The second-order valence-electron chi connectivity index (χ2n) is 4.27. The summed E-state index contributed by atoms with van der Waals surface area (Å²) in [6.45, 7) is 0. The first-order chi connectivity index (χ1) is 7.90. The summed E-state index contributed by atoms with van der Waals surface area (Å²) in [6.07, 6.45) is 2.88. The van der Waals surface area contributed by atoms with Crippen LogP contribution in [0, 0.1) is 0 Å². The van der Waals surface area contributed by atoms with Gasteiger partial charge < -0.3 is 10.5 Å². The van der Waals surface area contributed by atoms with E-state index in [1.807, 2.05) is 12.1 Å². The van der Waals surface area contributed by atoms with E-state index in [1.54, 1.807) is 0 Å². The second kappa shape index (κ2) is 4.19. The van der Waals surface area contributed by atoms with E-state index in [0.717, 1.165) is 30.2 Å². The number of benzene rings is 1. The highest BCUT2D eigenvalue weighted by Gasteiger charge is 2.22. The summed E-state index contributed by atoms with van der Waals surface area (Å²) in [5.41, 5.74) is 8.56. The van der Waals surface area contributed by atoms with E-state index in [1.165, 1.54) is 7.11 Å². The summed E-state index contributed by atoms with van der Waals surface area (Å²) in [4.78, 5) is 0. The van der Waals surface area contributed by atoms with E-state index < -0.39 is 10.0 Å². The molecule has 0 bridgehead atoms. The molecule has 0 saturated heterocycles.